The van der Waals surface area contributed by atoms with Gasteiger partial charge >= 0.3 is 6.09 Å². The fraction of sp³-hybridized carbons (Fsp3) is 0.407. The molecule has 3 aromatic rings. The third-order valence-electron chi connectivity index (χ3n) is 6.06. The topological polar surface area (TPSA) is 98.1 Å². The fourth-order valence-corrected chi connectivity index (χ4v) is 4.29. The molecule has 1 aliphatic rings. The second-order valence-corrected chi connectivity index (χ2v) is 10.1. The first-order chi connectivity index (χ1) is 17.1. The predicted octanol–water partition coefficient (Wildman–Crippen LogP) is 4.99. The number of nitrogens with zero attached hydrogens (tertiary/aromatic N) is 3. The Hall–Kier alpha value is -3.75. The van der Waals surface area contributed by atoms with Crippen molar-refractivity contribution in [1.82, 2.24) is 19.9 Å². The van der Waals surface area contributed by atoms with E-state index in [0.717, 1.165) is 31.9 Å². The molecule has 2 aromatic heterocycles. The number of hydrogen-bond acceptors (Lipinski definition) is 6. The lowest BCUT2D eigenvalue weighted by atomic mass is 9.91. The van der Waals surface area contributed by atoms with Gasteiger partial charge in [0, 0.05) is 35.1 Å². The first kappa shape index (κ1) is 25.3. The quantitative estimate of drug-likeness (QED) is 0.520. The Balaban J connectivity index is 1.44. The third-order valence-corrected chi connectivity index (χ3v) is 6.06. The van der Waals surface area contributed by atoms with Crippen LogP contribution in [-0.2, 0) is 4.74 Å². The molecule has 1 aromatic carbocycles. The van der Waals surface area contributed by atoms with Crippen molar-refractivity contribution in [2.75, 3.05) is 5.32 Å². The lowest BCUT2D eigenvalue weighted by Crippen LogP contribution is -2.42. The molecule has 9 heteroatoms. The van der Waals surface area contributed by atoms with Crippen molar-refractivity contribution in [3.8, 4) is 16.9 Å². The van der Waals surface area contributed by atoms with Gasteiger partial charge in [0.1, 0.15) is 11.3 Å². The summed E-state index contributed by atoms with van der Waals surface area (Å²) >= 11 is 0. The number of pyridine rings is 1. The minimum absolute atomic E-state index is 0.0513. The highest BCUT2D eigenvalue weighted by Gasteiger charge is 2.25. The number of alkyl carbamates (subject to hydrolysis) is 1. The van der Waals surface area contributed by atoms with Crippen molar-refractivity contribution in [1.29, 1.82) is 0 Å². The minimum Gasteiger partial charge on any atom is -0.444 e. The largest absolute Gasteiger partial charge is 0.444 e. The number of carbonyl (C=O) groups excluding carboxylic acids is 1. The fourth-order valence-electron chi connectivity index (χ4n) is 4.29. The Morgan fingerprint density at radius 2 is 1.83 bits per heavy atom. The number of nitrogens with one attached hydrogen (secondary N) is 2. The lowest BCUT2D eigenvalue weighted by Gasteiger charge is -2.30. The maximum Gasteiger partial charge on any atom is 0.407 e. The number of aromatic nitrogens is 3. The number of halogens is 1. The maximum atomic E-state index is 14.7. The summed E-state index contributed by atoms with van der Waals surface area (Å²) in [5, 5.41) is 6.24. The Kier molecular flexibility index (Phi) is 7.37. The van der Waals surface area contributed by atoms with E-state index < -0.39 is 17.5 Å². The van der Waals surface area contributed by atoms with E-state index in [-0.39, 0.29) is 23.3 Å². The monoisotopic (exact) mass is 493 g/mol. The van der Waals surface area contributed by atoms with Crippen LogP contribution in [0.1, 0.15) is 52.0 Å². The van der Waals surface area contributed by atoms with Gasteiger partial charge in [0.2, 0.25) is 5.95 Å². The summed E-state index contributed by atoms with van der Waals surface area (Å²) < 4.78 is 21.6. The van der Waals surface area contributed by atoms with Crippen molar-refractivity contribution >= 4 is 12.0 Å². The van der Waals surface area contributed by atoms with E-state index in [0.29, 0.717) is 22.8 Å². The van der Waals surface area contributed by atoms with E-state index in [1.165, 1.54) is 4.57 Å². The number of carbonyl (C=O) groups is 1. The summed E-state index contributed by atoms with van der Waals surface area (Å²) in [6.45, 7) is 7.27. The minimum atomic E-state index is -0.542. The molecule has 2 N–H and O–H groups in total. The molecule has 0 aliphatic heterocycles. The van der Waals surface area contributed by atoms with Gasteiger partial charge in [-0.25, -0.2) is 19.2 Å². The Morgan fingerprint density at radius 1 is 1.11 bits per heavy atom. The molecule has 1 amide bonds. The molecule has 4 rings (SSSR count). The number of aryl methyl sites for hydroxylation is 1. The normalized spacial score (nSPS) is 17.9. The number of hydrogen-bond donors (Lipinski definition) is 2. The van der Waals surface area contributed by atoms with Crippen molar-refractivity contribution in [2.45, 2.75) is 71.1 Å². The van der Waals surface area contributed by atoms with Gasteiger partial charge in [-0.15, -0.1) is 0 Å². The molecule has 190 valence electrons. The van der Waals surface area contributed by atoms with Gasteiger partial charge < -0.3 is 15.4 Å². The lowest BCUT2D eigenvalue weighted by molar-refractivity contribution is 0.0492. The Labute approximate surface area is 209 Å². The van der Waals surface area contributed by atoms with Crippen LogP contribution in [0.25, 0.3) is 16.9 Å². The number of benzene rings is 1. The zero-order valence-electron chi connectivity index (χ0n) is 21.0. The molecule has 1 aliphatic carbocycles. The van der Waals surface area contributed by atoms with Gasteiger partial charge in [-0.2, -0.15) is 0 Å². The molecule has 0 radical (unpaired) electrons. The highest BCUT2D eigenvalue weighted by Crippen LogP contribution is 2.26. The second-order valence-electron chi connectivity index (χ2n) is 10.1. The van der Waals surface area contributed by atoms with Crippen LogP contribution >= 0.6 is 0 Å². The summed E-state index contributed by atoms with van der Waals surface area (Å²) in [5.74, 6) is -0.201. The van der Waals surface area contributed by atoms with E-state index >= 15 is 0 Å². The molecule has 2 heterocycles. The van der Waals surface area contributed by atoms with Gasteiger partial charge in [0.05, 0.1) is 6.20 Å². The zero-order chi connectivity index (χ0) is 25.9. The maximum absolute atomic E-state index is 14.7. The van der Waals surface area contributed by atoms with E-state index in [4.69, 9.17) is 4.74 Å². The van der Waals surface area contributed by atoms with Gasteiger partial charge in [-0.3, -0.25) is 9.36 Å². The van der Waals surface area contributed by atoms with Crippen molar-refractivity contribution < 1.29 is 13.9 Å². The summed E-state index contributed by atoms with van der Waals surface area (Å²) in [7, 11) is 0. The molecule has 1 saturated carbocycles. The predicted molar refractivity (Wildman–Crippen MR) is 137 cm³/mol. The van der Waals surface area contributed by atoms with Crippen LogP contribution in [-0.4, -0.2) is 38.3 Å². The second kappa shape index (κ2) is 10.5. The van der Waals surface area contributed by atoms with Crippen molar-refractivity contribution in [2.24, 2.45) is 0 Å². The standard InChI is InChI=1S/C27H32FN5O3/c1-17-7-6-14-33(24(17)34)21-9-5-8-18(15-21)23-22(28)16-29-25(32-23)30-19-10-12-20(13-11-19)31-26(35)36-27(2,3)4/h5-9,14-16,19-20H,10-13H2,1-4H3,(H,31,35)(H,29,30,32). The van der Waals surface area contributed by atoms with Crippen LogP contribution in [0.3, 0.4) is 0 Å². The molecule has 1 fully saturated rings. The molecule has 8 nitrogen and oxygen atoms in total. The van der Waals surface area contributed by atoms with Crippen LogP contribution in [0, 0.1) is 12.7 Å². The summed E-state index contributed by atoms with van der Waals surface area (Å²) in [4.78, 5) is 33.1. The third kappa shape index (κ3) is 6.27. The van der Waals surface area contributed by atoms with Crippen LogP contribution in [0.4, 0.5) is 15.1 Å². The smallest absolute Gasteiger partial charge is 0.407 e. The molecular weight excluding hydrogens is 461 g/mol. The van der Waals surface area contributed by atoms with E-state index in [2.05, 4.69) is 20.6 Å². The molecule has 0 unspecified atom stereocenters. The van der Waals surface area contributed by atoms with Gasteiger partial charge in [-0.05, 0) is 71.6 Å². The first-order valence-corrected chi connectivity index (χ1v) is 12.2. The van der Waals surface area contributed by atoms with E-state index in [9.17, 15) is 14.0 Å². The average Bonchev–Trinajstić information content (AvgIpc) is 2.82. The SMILES string of the molecule is Cc1cccn(-c2cccc(-c3nc(NC4CCC(NC(=O)OC(C)(C)C)CC4)ncc3F)c2)c1=O. The van der Waals surface area contributed by atoms with Crippen molar-refractivity contribution in [3.63, 3.8) is 0 Å². The summed E-state index contributed by atoms with van der Waals surface area (Å²) in [6.07, 6.45) is 5.64. The average molecular weight is 494 g/mol. The van der Waals surface area contributed by atoms with Crippen LogP contribution in [0.15, 0.2) is 53.6 Å². The molecule has 0 spiro atoms. The summed E-state index contributed by atoms with van der Waals surface area (Å²) in [6, 6.07) is 10.8. The van der Waals surface area contributed by atoms with Crippen molar-refractivity contribution in [3.05, 3.63) is 70.5 Å². The van der Waals surface area contributed by atoms with Crippen LogP contribution in [0.5, 0.6) is 0 Å². The van der Waals surface area contributed by atoms with Crippen LogP contribution in [0.2, 0.25) is 0 Å². The number of rotatable bonds is 5. The number of ether oxygens (including phenoxy) is 1. The highest BCUT2D eigenvalue weighted by atomic mass is 19.1. The van der Waals surface area contributed by atoms with Gasteiger partial charge in [0.25, 0.3) is 5.56 Å². The number of anilines is 1. The van der Waals surface area contributed by atoms with Gasteiger partial charge in [0.15, 0.2) is 5.82 Å². The van der Waals surface area contributed by atoms with Gasteiger partial charge in [-0.1, -0.05) is 18.2 Å². The first-order valence-electron chi connectivity index (χ1n) is 12.2. The zero-order valence-corrected chi connectivity index (χ0v) is 21.0. The number of amides is 1. The molecule has 36 heavy (non-hydrogen) atoms. The Bertz CT molecular complexity index is 1290. The molecule has 0 atom stereocenters. The molecular formula is C27H32FN5O3. The molecule has 0 bridgehead atoms. The summed E-state index contributed by atoms with van der Waals surface area (Å²) in [5.41, 5.74) is 1.31. The Morgan fingerprint density at radius 3 is 2.56 bits per heavy atom. The van der Waals surface area contributed by atoms with E-state index in [1.807, 2.05) is 20.8 Å². The van der Waals surface area contributed by atoms with E-state index in [1.54, 1.807) is 49.5 Å². The van der Waals surface area contributed by atoms with Crippen LogP contribution < -0.4 is 16.2 Å². The highest BCUT2D eigenvalue weighted by molar-refractivity contribution is 5.68. The molecule has 0 saturated heterocycles.